The maximum Gasteiger partial charge on any atom is 0.229 e. The van der Waals surface area contributed by atoms with E-state index in [-0.39, 0.29) is 23.7 Å². The van der Waals surface area contributed by atoms with Gasteiger partial charge in [-0.2, -0.15) is 0 Å². The summed E-state index contributed by atoms with van der Waals surface area (Å²) in [5, 5.41) is 12.9. The van der Waals surface area contributed by atoms with Crippen molar-refractivity contribution >= 4 is 17.5 Å². The SMILES string of the molecule is Cc1noc(Cl)c1CCC(=O)N1CC(CO)C1. The fourth-order valence-electron chi connectivity index (χ4n) is 1.92. The van der Waals surface area contributed by atoms with Gasteiger partial charge in [0.2, 0.25) is 11.1 Å². The van der Waals surface area contributed by atoms with E-state index in [9.17, 15) is 4.79 Å². The molecule has 0 aromatic carbocycles. The van der Waals surface area contributed by atoms with E-state index in [0.29, 0.717) is 25.9 Å². The van der Waals surface area contributed by atoms with Gasteiger partial charge in [0.05, 0.1) is 5.69 Å². The van der Waals surface area contributed by atoms with Gasteiger partial charge in [0, 0.05) is 37.6 Å². The molecule has 0 spiro atoms. The number of aliphatic hydroxyl groups excluding tert-OH is 1. The average Bonchev–Trinajstić information content (AvgIpc) is 2.55. The van der Waals surface area contributed by atoms with Crippen LogP contribution < -0.4 is 0 Å². The first-order valence-corrected chi connectivity index (χ1v) is 5.99. The van der Waals surface area contributed by atoms with Crippen LogP contribution in [0, 0.1) is 12.8 Å². The van der Waals surface area contributed by atoms with Crippen LogP contribution in [0.3, 0.4) is 0 Å². The van der Waals surface area contributed by atoms with Gasteiger partial charge in [-0.1, -0.05) is 5.16 Å². The number of carbonyl (C=O) groups excluding carboxylic acids is 1. The standard InChI is InChI=1S/C11H15ClN2O3/c1-7-9(11(12)17-13-7)2-3-10(16)14-4-8(5-14)6-15/h8,15H,2-6H2,1H3. The molecule has 2 rings (SSSR count). The Morgan fingerprint density at radius 3 is 2.88 bits per heavy atom. The van der Waals surface area contributed by atoms with Gasteiger partial charge in [0.1, 0.15) is 0 Å². The lowest BCUT2D eigenvalue weighted by atomic mass is 10.00. The van der Waals surface area contributed by atoms with Crippen molar-refractivity contribution in [3.63, 3.8) is 0 Å². The zero-order valence-corrected chi connectivity index (χ0v) is 10.4. The quantitative estimate of drug-likeness (QED) is 0.876. The highest BCUT2D eigenvalue weighted by atomic mass is 35.5. The van der Waals surface area contributed by atoms with Crippen LogP contribution in [-0.4, -0.2) is 40.8 Å². The molecule has 1 aliphatic rings. The highest BCUT2D eigenvalue weighted by Gasteiger charge is 2.29. The molecule has 6 heteroatoms. The van der Waals surface area contributed by atoms with E-state index < -0.39 is 0 Å². The molecule has 1 N–H and O–H groups in total. The van der Waals surface area contributed by atoms with Gasteiger partial charge in [-0.05, 0) is 24.9 Å². The molecule has 0 bridgehead atoms. The van der Waals surface area contributed by atoms with Gasteiger partial charge in [0.15, 0.2) is 0 Å². The van der Waals surface area contributed by atoms with E-state index in [2.05, 4.69) is 5.16 Å². The van der Waals surface area contributed by atoms with E-state index in [0.717, 1.165) is 11.3 Å². The predicted octanol–water partition coefficient (Wildman–Crippen LogP) is 1.02. The molecule has 0 saturated carbocycles. The van der Waals surface area contributed by atoms with Gasteiger partial charge in [0.25, 0.3) is 0 Å². The third-order valence-corrected chi connectivity index (χ3v) is 3.39. The Morgan fingerprint density at radius 2 is 2.35 bits per heavy atom. The second-order valence-electron chi connectivity index (χ2n) is 4.37. The number of amides is 1. The smallest absolute Gasteiger partial charge is 0.229 e. The number of carbonyl (C=O) groups is 1. The maximum absolute atomic E-state index is 11.8. The van der Waals surface area contributed by atoms with Crippen molar-refractivity contribution in [1.82, 2.24) is 10.1 Å². The molecule has 1 aromatic heterocycles. The Hall–Kier alpha value is -1.07. The monoisotopic (exact) mass is 258 g/mol. The van der Waals surface area contributed by atoms with Crippen molar-refractivity contribution in [1.29, 1.82) is 0 Å². The van der Waals surface area contributed by atoms with E-state index in [1.54, 1.807) is 11.8 Å². The van der Waals surface area contributed by atoms with Crippen LogP contribution in [0.25, 0.3) is 0 Å². The summed E-state index contributed by atoms with van der Waals surface area (Å²) in [7, 11) is 0. The van der Waals surface area contributed by atoms with Crippen LogP contribution in [0.4, 0.5) is 0 Å². The molecule has 2 heterocycles. The van der Waals surface area contributed by atoms with Gasteiger partial charge in [-0.15, -0.1) is 0 Å². The number of hydrogen-bond acceptors (Lipinski definition) is 4. The molecule has 0 unspecified atom stereocenters. The average molecular weight is 259 g/mol. The Kier molecular flexibility index (Phi) is 3.69. The lowest BCUT2D eigenvalue weighted by Gasteiger charge is -2.38. The topological polar surface area (TPSA) is 66.6 Å². The van der Waals surface area contributed by atoms with Gasteiger partial charge in [-0.3, -0.25) is 4.79 Å². The van der Waals surface area contributed by atoms with Gasteiger partial charge < -0.3 is 14.5 Å². The van der Waals surface area contributed by atoms with E-state index in [1.807, 2.05) is 0 Å². The van der Waals surface area contributed by atoms with E-state index in [1.165, 1.54) is 0 Å². The highest BCUT2D eigenvalue weighted by molar-refractivity contribution is 6.29. The van der Waals surface area contributed by atoms with Crippen LogP contribution in [-0.2, 0) is 11.2 Å². The summed E-state index contributed by atoms with van der Waals surface area (Å²) in [6.45, 7) is 3.28. The Morgan fingerprint density at radius 1 is 1.65 bits per heavy atom. The number of likely N-dealkylation sites (tertiary alicyclic amines) is 1. The Labute approximate surface area is 104 Å². The van der Waals surface area contributed by atoms with Crippen molar-refractivity contribution in [3.05, 3.63) is 16.5 Å². The summed E-state index contributed by atoms with van der Waals surface area (Å²) in [6.07, 6.45) is 0.952. The fourth-order valence-corrected chi connectivity index (χ4v) is 2.18. The molecular formula is C11H15ClN2O3. The molecule has 1 aliphatic heterocycles. The summed E-state index contributed by atoms with van der Waals surface area (Å²) >= 11 is 5.81. The molecule has 1 aromatic rings. The van der Waals surface area contributed by atoms with Crippen LogP contribution in [0.1, 0.15) is 17.7 Å². The maximum atomic E-state index is 11.8. The summed E-state index contributed by atoms with van der Waals surface area (Å²) in [5.74, 6) is 0.339. The Balaban J connectivity index is 1.81. The molecule has 1 fully saturated rings. The second kappa shape index (κ2) is 5.06. The zero-order valence-electron chi connectivity index (χ0n) is 9.65. The minimum Gasteiger partial charge on any atom is -0.396 e. The van der Waals surface area contributed by atoms with Crippen LogP contribution in [0.5, 0.6) is 0 Å². The highest BCUT2D eigenvalue weighted by Crippen LogP contribution is 2.22. The van der Waals surface area contributed by atoms with Crippen molar-refractivity contribution in [2.45, 2.75) is 19.8 Å². The van der Waals surface area contributed by atoms with E-state index in [4.69, 9.17) is 21.2 Å². The lowest BCUT2D eigenvalue weighted by Crippen LogP contribution is -2.51. The van der Waals surface area contributed by atoms with Crippen molar-refractivity contribution in [2.24, 2.45) is 5.92 Å². The molecule has 94 valence electrons. The van der Waals surface area contributed by atoms with E-state index >= 15 is 0 Å². The summed E-state index contributed by atoms with van der Waals surface area (Å²) in [6, 6.07) is 0. The van der Waals surface area contributed by atoms with Crippen LogP contribution in [0.15, 0.2) is 4.52 Å². The zero-order chi connectivity index (χ0) is 12.4. The first-order valence-electron chi connectivity index (χ1n) is 5.61. The molecule has 1 amide bonds. The lowest BCUT2D eigenvalue weighted by molar-refractivity contribution is -0.138. The number of nitrogens with zero attached hydrogens (tertiary/aromatic N) is 2. The minimum absolute atomic E-state index is 0.0892. The number of hydrogen-bond donors (Lipinski definition) is 1. The summed E-state index contributed by atoms with van der Waals surface area (Å²) in [5.41, 5.74) is 1.54. The number of rotatable bonds is 4. The molecule has 0 aliphatic carbocycles. The number of halogens is 1. The summed E-state index contributed by atoms with van der Waals surface area (Å²) in [4.78, 5) is 13.5. The molecule has 0 atom stereocenters. The molecule has 17 heavy (non-hydrogen) atoms. The fraction of sp³-hybridized carbons (Fsp3) is 0.636. The normalized spacial score (nSPS) is 16.1. The molecule has 5 nitrogen and oxygen atoms in total. The summed E-state index contributed by atoms with van der Waals surface area (Å²) < 4.78 is 4.82. The molecular weight excluding hydrogens is 244 g/mol. The molecule has 1 saturated heterocycles. The van der Waals surface area contributed by atoms with Gasteiger partial charge >= 0.3 is 0 Å². The molecule has 0 radical (unpaired) electrons. The first kappa shape index (κ1) is 12.4. The third-order valence-electron chi connectivity index (χ3n) is 3.09. The number of aryl methyl sites for hydroxylation is 1. The number of aromatic nitrogens is 1. The van der Waals surface area contributed by atoms with Crippen molar-refractivity contribution in [2.75, 3.05) is 19.7 Å². The Bertz CT molecular complexity index is 393. The minimum atomic E-state index is 0.0892. The van der Waals surface area contributed by atoms with Crippen molar-refractivity contribution in [3.8, 4) is 0 Å². The van der Waals surface area contributed by atoms with Gasteiger partial charge in [-0.25, -0.2) is 0 Å². The van der Waals surface area contributed by atoms with Crippen LogP contribution in [0.2, 0.25) is 5.22 Å². The third kappa shape index (κ3) is 2.61. The largest absolute Gasteiger partial charge is 0.396 e. The van der Waals surface area contributed by atoms with Crippen molar-refractivity contribution < 1.29 is 14.4 Å². The second-order valence-corrected chi connectivity index (χ2v) is 4.71. The first-order chi connectivity index (χ1) is 8.11. The number of aliphatic hydroxyl groups is 1. The van der Waals surface area contributed by atoms with Crippen LogP contribution >= 0.6 is 11.6 Å². The predicted molar refractivity (Wildman–Crippen MR) is 61.7 cm³/mol.